The number of H-pyrrole nitrogens is 1. The van der Waals surface area contributed by atoms with Gasteiger partial charge in [-0.15, -0.1) is 0 Å². The summed E-state index contributed by atoms with van der Waals surface area (Å²) in [5.41, 5.74) is 1.81. The van der Waals surface area contributed by atoms with Gasteiger partial charge in [0.2, 0.25) is 5.95 Å². The van der Waals surface area contributed by atoms with Gasteiger partial charge in [0.05, 0.1) is 17.3 Å². The molecule has 0 unspecified atom stereocenters. The maximum absolute atomic E-state index is 4.41. The summed E-state index contributed by atoms with van der Waals surface area (Å²) in [7, 11) is 1.81. The first kappa shape index (κ1) is 8.93. The molecule has 0 bridgehead atoms. The molecule has 5 nitrogen and oxygen atoms in total. The molecule has 0 spiro atoms. The molecule has 74 valence electrons. The fourth-order valence-corrected chi connectivity index (χ4v) is 1.41. The molecular weight excluding hydrogens is 178 g/mol. The van der Waals surface area contributed by atoms with E-state index in [1.54, 1.807) is 6.20 Å². The van der Waals surface area contributed by atoms with Crippen molar-refractivity contribution in [3.8, 4) is 0 Å². The summed E-state index contributed by atoms with van der Waals surface area (Å²) >= 11 is 0. The number of nitrogens with one attached hydrogen (secondary N) is 2. The Bertz CT molecular complexity index is 445. The highest BCUT2D eigenvalue weighted by Crippen LogP contribution is 2.21. The topological polar surface area (TPSA) is 66.5 Å². The fourth-order valence-electron chi connectivity index (χ4n) is 1.41. The highest BCUT2D eigenvalue weighted by atomic mass is 15.2. The Labute approximate surface area is 82.0 Å². The first-order chi connectivity index (χ1) is 6.72. The summed E-state index contributed by atoms with van der Waals surface area (Å²) in [6.07, 6.45) is 1.77. The van der Waals surface area contributed by atoms with Crippen LogP contribution in [0.1, 0.15) is 25.5 Å². The van der Waals surface area contributed by atoms with Crippen molar-refractivity contribution in [2.75, 3.05) is 12.4 Å². The van der Waals surface area contributed by atoms with Gasteiger partial charge in [-0.25, -0.2) is 4.98 Å². The van der Waals surface area contributed by atoms with Crippen LogP contribution < -0.4 is 5.32 Å². The van der Waals surface area contributed by atoms with Crippen molar-refractivity contribution in [2.45, 2.75) is 19.8 Å². The summed E-state index contributed by atoms with van der Waals surface area (Å²) < 4.78 is 0. The van der Waals surface area contributed by atoms with Crippen LogP contribution in [0.3, 0.4) is 0 Å². The van der Waals surface area contributed by atoms with Crippen LogP contribution in [0.4, 0.5) is 5.95 Å². The van der Waals surface area contributed by atoms with Crippen molar-refractivity contribution in [3.05, 3.63) is 11.9 Å². The van der Waals surface area contributed by atoms with Crippen LogP contribution in [-0.2, 0) is 0 Å². The van der Waals surface area contributed by atoms with E-state index in [0.717, 1.165) is 16.7 Å². The lowest BCUT2D eigenvalue weighted by molar-refractivity contribution is 0.830. The van der Waals surface area contributed by atoms with E-state index in [-0.39, 0.29) is 0 Å². The van der Waals surface area contributed by atoms with Crippen molar-refractivity contribution in [1.82, 2.24) is 20.2 Å². The maximum Gasteiger partial charge on any atom is 0.224 e. The van der Waals surface area contributed by atoms with E-state index >= 15 is 0 Å². The van der Waals surface area contributed by atoms with Crippen molar-refractivity contribution < 1.29 is 0 Å². The molecule has 2 heterocycles. The Balaban J connectivity index is 2.70. The van der Waals surface area contributed by atoms with Gasteiger partial charge in [0.15, 0.2) is 5.65 Å². The van der Waals surface area contributed by atoms with Gasteiger partial charge in [0.1, 0.15) is 0 Å². The van der Waals surface area contributed by atoms with Crippen LogP contribution in [0.5, 0.6) is 0 Å². The number of hydrogen-bond donors (Lipinski definition) is 2. The number of nitrogens with zero attached hydrogens (tertiary/aromatic N) is 3. The molecule has 0 atom stereocenters. The monoisotopic (exact) mass is 191 g/mol. The lowest BCUT2D eigenvalue weighted by Gasteiger charge is -2.07. The summed E-state index contributed by atoms with van der Waals surface area (Å²) in [6.45, 7) is 4.21. The largest absolute Gasteiger partial charge is 0.357 e. The van der Waals surface area contributed by atoms with E-state index in [1.807, 2.05) is 7.05 Å². The molecule has 2 aromatic heterocycles. The standard InChI is InChI=1S/C9H13N5/c1-5(2)7-6-4-11-14-8(6)13-9(10-3)12-7/h4-5H,1-3H3,(H2,10,11,12,13,14). The smallest absolute Gasteiger partial charge is 0.224 e. The molecule has 2 aromatic rings. The SMILES string of the molecule is CNc1nc(C(C)C)c2cn[nH]c2n1. The molecule has 0 amide bonds. The second-order valence-corrected chi connectivity index (χ2v) is 3.47. The van der Waals surface area contributed by atoms with Gasteiger partial charge < -0.3 is 5.32 Å². The Morgan fingerprint density at radius 1 is 1.36 bits per heavy atom. The zero-order chi connectivity index (χ0) is 10.1. The fraction of sp³-hybridized carbons (Fsp3) is 0.444. The first-order valence-electron chi connectivity index (χ1n) is 4.61. The molecule has 0 saturated heterocycles. The van der Waals surface area contributed by atoms with E-state index in [4.69, 9.17) is 0 Å². The van der Waals surface area contributed by atoms with E-state index in [9.17, 15) is 0 Å². The zero-order valence-electron chi connectivity index (χ0n) is 8.50. The number of aromatic nitrogens is 4. The normalized spacial score (nSPS) is 11.1. The molecule has 0 saturated carbocycles. The van der Waals surface area contributed by atoms with Crippen LogP contribution in [-0.4, -0.2) is 27.2 Å². The third-order valence-electron chi connectivity index (χ3n) is 2.11. The molecule has 5 heteroatoms. The molecule has 0 aliphatic carbocycles. The first-order valence-corrected chi connectivity index (χ1v) is 4.61. The Kier molecular flexibility index (Phi) is 2.07. The molecular formula is C9H13N5. The van der Waals surface area contributed by atoms with Crippen LogP contribution in [0.25, 0.3) is 11.0 Å². The van der Waals surface area contributed by atoms with Gasteiger partial charge in [-0.05, 0) is 5.92 Å². The number of anilines is 1. The summed E-state index contributed by atoms with van der Waals surface area (Å²) in [6, 6.07) is 0. The third kappa shape index (κ3) is 1.30. The molecule has 0 aliphatic rings. The molecule has 0 aromatic carbocycles. The Morgan fingerprint density at radius 3 is 2.79 bits per heavy atom. The van der Waals surface area contributed by atoms with Crippen LogP contribution >= 0.6 is 0 Å². The zero-order valence-corrected chi connectivity index (χ0v) is 8.50. The summed E-state index contributed by atoms with van der Waals surface area (Å²) in [5.74, 6) is 0.996. The van der Waals surface area contributed by atoms with Crippen molar-refractivity contribution >= 4 is 17.0 Å². The molecule has 2 rings (SSSR count). The predicted molar refractivity (Wildman–Crippen MR) is 55.3 cm³/mol. The lowest BCUT2D eigenvalue weighted by atomic mass is 10.1. The number of fused-ring (bicyclic) bond motifs is 1. The Hall–Kier alpha value is -1.65. The van der Waals surface area contributed by atoms with E-state index in [0.29, 0.717) is 11.9 Å². The van der Waals surface area contributed by atoms with Gasteiger partial charge in [-0.3, -0.25) is 5.10 Å². The van der Waals surface area contributed by atoms with Gasteiger partial charge in [-0.1, -0.05) is 13.8 Å². The van der Waals surface area contributed by atoms with Crippen LogP contribution in [0.2, 0.25) is 0 Å². The molecule has 14 heavy (non-hydrogen) atoms. The van der Waals surface area contributed by atoms with Gasteiger partial charge >= 0.3 is 0 Å². The van der Waals surface area contributed by atoms with Crippen LogP contribution in [0, 0.1) is 0 Å². The minimum absolute atomic E-state index is 0.366. The Morgan fingerprint density at radius 2 is 2.14 bits per heavy atom. The van der Waals surface area contributed by atoms with Gasteiger partial charge in [-0.2, -0.15) is 10.1 Å². The lowest BCUT2D eigenvalue weighted by Crippen LogP contribution is -2.02. The van der Waals surface area contributed by atoms with Gasteiger partial charge in [0, 0.05) is 7.05 Å². The summed E-state index contributed by atoms with van der Waals surface area (Å²) in [5, 5.41) is 10.7. The third-order valence-corrected chi connectivity index (χ3v) is 2.11. The van der Waals surface area contributed by atoms with Gasteiger partial charge in [0.25, 0.3) is 0 Å². The van der Waals surface area contributed by atoms with Crippen molar-refractivity contribution in [2.24, 2.45) is 0 Å². The average molecular weight is 191 g/mol. The minimum Gasteiger partial charge on any atom is -0.357 e. The van der Waals surface area contributed by atoms with E-state index in [1.165, 1.54) is 0 Å². The molecule has 2 N–H and O–H groups in total. The minimum atomic E-state index is 0.366. The van der Waals surface area contributed by atoms with Crippen LogP contribution in [0.15, 0.2) is 6.20 Å². The maximum atomic E-state index is 4.41. The number of aromatic amines is 1. The van der Waals surface area contributed by atoms with E-state index < -0.39 is 0 Å². The number of hydrogen-bond acceptors (Lipinski definition) is 4. The second kappa shape index (κ2) is 3.25. The molecule has 0 fully saturated rings. The molecule has 0 radical (unpaired) electrons. The summed E-state index contributed by atoms with van der Waals surface area (Å²) in [4.78, 5) is 8.67. The highest BCUT2D eigenvalue weighted by molar-refractivity contribution is 5.78. The van der Waals surface area contributed by atoms with E-state index in [2.05, 4.69) is 39.3 Å². The predicted octanol–water partition coefficient (Wildman–Crippen LogP) is 1.52. The quantitative estimate of drug-likeness (QED) is 0.755. The average Bonchev–Trinajstić information content (AvgIpc) is 2.63. The highest BCUT2D eigenvalue weighted by Gasteiger charge is 2.11. The second-order valence-electron chi connectivity index (χ2n) is 3.47. The number of rotatable bonds is 2. The van der Waals surface area contributed by atoms with Crippen molar-refractivity contribution in [3.63, 3.8) is 0 Å². The molecule has 0 aliphatic heterocycles. The van der Waals surface area contributed by atoms with Crippen molar-refractivity contribution in [1.29, 1.82) is 0 Å².